The number of benzene rings is 1. The third-order valence-electron chi connectivity index (χ3n) is 1.47. The van der Waals surface area contributed by atoms with E-state index in [1.54, 1.807) is 6.07 Å². The van der Waals surface area contributed by atoms with Crippen molar-refractivity contribution in [3.05, 3.63) is 27.2 Å². The number of hydrogen-bond donors (Lipinski definition) is 2. The highest BCUT2D eigenvalue weighted by Crippen LogP contribution is 2.30. The largest absolute Gasteiger partial charge is 0.506 e. The van der Waals surface area contributed by atoms with Crippen LogP contribution in [0, 0.1) is 0 Å². The van der Waals surface area contributed by atoms with Crippen LogP contribution in [0.3, 0.4) is 0 Å². The van der Waals surface area contributed by atoms with Crippen LogP contribution in [0.2, 0.25) is 5.02 Å². The van der Waals surface area contributed by atoms with Gasteiger partial charge in [0.05, 0.1) is 5.02 Å². The molecule has 4 heteroatoms. The summed E-state index contributed by atoms with van der Waals surface area (Å²) in [6.07, 6.45) is 0. The fourth-order valence-electron chi connectivity index (χ4n) is 0.944. The van der Waals surface area contributed by atoms with Crippen molar-refractivity contribution in [3.8, 4) is 5.75 Å². The molecular weight excluding hydrogens is 241 g/mol. The Hall–Kier alpha value is -0.250. The molecule has 0 aliphatic rings. The van der Waals surface area contributed by atoms with Crippen LogP contribution in [0.5, 0.6) is 5.75 Å². The van der Waals surface area contributed by atoms with Gasteiger partial charge in [-0.3, -0.25) is 0 Å². The monoisotopic (exact) mass is 249 g/mol. The molecule has 0 aliphatic carbocycles. The number of aromatic hydroxyl groups is 1. The summed E-state index contributed by atoms with van der Waals surface area (Å²) in [5.41, 5.74) is 0.789. The van der Waals surface area contributed by atoms with E-state index >= 15 is 0 Å². The van der Waals surface area contributed by atoms with E-state index in [-0.39, 0.29) is 5.75 Å². The van der Waals surface area contributed by atoms with Crippen molar-refractivity contribution in [3.63, 3.8) is 0 Å². The van der Waals surface area contributed by atoms with Gasteiger partial charge in [-0.05, 0) is 19.2 Å². The average molecular weight is 251 g/mol. The third-order valence-corrected chi connectivity index (χ3v) is 2.22. The van der Waals surface area contributed by atoms with Gasteiger partial charge in [0.1, 0.15) is 5.75 Å². The van der Waals surface area contributed by atoms with Crippen LogP contribution in [0.25, 0.3) is 0 Å². The van der Waals surface area contributed by atoms with Crippen molar-refractivity contribution in [1.29, 1.82) is 0 Å². The van der Waals surface area contributed by atoms with E-state index in [1.807, 2.05) is 13.1 Å². The van der Waals surface area contributed by atoms with Gasteiger partial charge in [-0.25, -0.2) is 0 Å². The first-order valence-electron chi connectivity index (χ1n) is 3.46. The average Bonchev–Trinajstić information content (AvgIpc) is 2.00. The molecule has 0 fully saturated rings. The Kier molecular flexibility index (Phi) is 3.38. The molecule has 0 unspecified atom stereocenters. The number of nitrogens with one attached hydrogen (secondary N) is 1. The molecule has 0 aliphatic heterocycles. The van der Waals surface area contributed by atoms with Gasteiger partial charge in [0.25, 0.3) is 0 Å². The molecule has 2 nitrogen and oxygen atoms in total. The zero-order valence-electron chi connectivity index (χ0n) is 6.56. The lowest BCUT2D eigenvalue weighted by molar-refractivity contribution is 0.466. The Bertz CT molecular complexity index is 291. The van der Waals surface area contributed by atoms with E-state index in [9.17, 15) is 5.11 Å². The summed E-state index contributed by atoms with van der Waals surface area (Å²) in [6, 6.07) is 3.49. The summed E-state index contributed by atoms with van der Waals surface area (Å²) in [7, 11) is 1.81. The summed E-state index contributed by atoms with van der Waals surface area (Å²) in [6.45, 7) is 0.602. The van der Waals surface area contributed by atoms with Gasteiger partial charge in [0, 0.05) is 16.6 Å². The summed E-state index contributed by atoms with van der Waals surface area (Å²) < 4.78 is 0.871. The molecular formula is C8H9BrClNO. The summed E-state index contributed by atoms with van der Waals surface area (Å²) in [5.74, 6) is 0.147. The predicted molar refractivity (Wildman–Crippen MR) is 53.6 cm³/mol. The molecule has 0 radical (unpaired) electrons. The summed E-state index contributed by atoms with van der Waals surface area (Å²) >= 11 is 9.04. The molecule has 0 bridgehead atoms. The summed E-state index contributed by atoms with van der Waals surface area (Å²) in [4.78, 5) is 0. The van der Waals surface area contributed by atoms with Crippen molar-refractivity contribution in [2.75, 3.05) is 7.05 Å². The highest BCUT2D eigenvalue weighted by molar-refractivity contribution is 9.10. The lowest BCUT2D eigenvalue weighted by Gasteiger charge is -2.05. The van der Waals surface area contributed by atoms with Crippen molar-refractivity contribution in [2.45, 2.75) is 6.54 Å². The lowest BCUT2D eigenvalue weighted by atomic mass is 10.2. The van der Waals surface area contributed by atoms with Crippen LogP contribution in [-0.2, 0) is 6.54 Å². The van der Waals surface area contributed by atoms with Crippen LogP contribution >= 0.6 is 27.5 Å². The first-order chi connectivity index (χ1) is 5.65. The van der Waals surface area contributed by atoms with E-state index in [1.165, 1.54) is 0 Å². The number of phenolic OH excluding ortho intramolecular Hbond substituents is 1. The first kappa shape index (κ1) is 9.84. The van der Waals surface area contributed by atoms with E-state index < -0.39 is 0 Å². The molecule has 0 atom stereocenters. The Balaban J connectivity index is 3.09. The van der Waals surface area contributed by atoms with E-state index in [0.717, 1.165) is 10.0 Å². The van der Waals surface area contributed by atoms with Crippen molar-refractivity contribution in [2.24, 2.45) is 0 Å². The van der Waals surface area contributed by atoms with Crippen molar-refractivity contribution >= 4 is 27.5 Å². The molecule has 0 aromatic heterocycles. The highest BCUT2D eigenvalue weighted by atomic mass is 79.9. The molecule has 0 spiro atoms. The topological polar surface area (TPSA) is 32.3 Å². The molecule has 1 rings (SSSR count). The number of phenols is 1. The molecule has 1 aromatic carbocycles. The Morgan fingerprint density at radius 3 is 2.83 bits per heavy atom. The van der Waals surface area contributed by atoms with Gasteiger partial charge in [-0.15, -0.1) is 0 Å². The fourth-order valence-corrected chi connectivity index (χ4v) is 1.82. The minimum absolute atomic E-state index is 0.147. The zero-order chi connectivity index (χ0) is 9.14. The van der Waals surface area contributed by atoms with Crippen LogP contribution in [0.15, 0.2) is 16.6 Å². The molecule has 66 valence electrons. The van der Waals surface area contributed by atoms with Crippen molar-refractivity contribution < 1.29 is 5.11 Å². The maximum Gasteiger partial charge on any atom is 0.138 e. The highest BCUT2D eigenvalue weighted by Gasteiger charge is 2.05. The first-order valence-corrected chi connectivity index (χ1v) is 4.63. The van der Waals surface area contributed by atoms with Gasteiger partial charge in [-0.1, -0.05) is 27.5 Å². The number of rotatable bonds is 2. The number of hydrogen-bond acceptors (Lipinski definition) is 2. The predicted octanol–water partition coefficient (Wildman–Crippen LogP) is 2.53. The second-order valence-corrected chi connectivity index (χ2v) is 3.75. The zero-order valence-corrected chi connectivity index (χ0v) is 8.91. The fraction of sp³-hybridized carbons (Fsp3) is 0.250. The maximum absolute atomic E-state index is 9.46. The normalized spacial score (nSPS) is 10.2. The second-order valence-electron chi connectivity index (χ2n) is 2.43. The van der Waals surface area contributed by atoms with Crippen molar-refractivity contribution in [1.82, 2.24) is 5.32 Å². The standard InChI is InChI=1S/C8H9BrClNO/c1-11-4-5-2-6(9)3-7(10)8(5)12/h2-3,11-12H,4H2,1H3. The van der Waals surface area contributed by atoms with Crippen LogP contribution in [0.1, 0.15) is 5.56 Å². The minimum atomic E-state index is 0.147. The Morgan fingerprint density at radius 1 is 1.58 bits per heavy atom. The van der Waals surface area contributed by atoms with E-state index in [4.69, 9.17) is 11.6 Å². The van der Waals surface area contributed by atoms with Gasteiger partial charge >= 0.3 is 0 Å². The molecule has 0 saturated carbocycles. The molecule has 0 amide bonds. The van der Waals surface area contributed by atoms with Crippen LogP contribution in [-0.4, -0.2) is 12.2 Å². The Labute approximate surface area is 84.7 Å². The second kappa shape index (κ2) is 4.12. The molecule has 1 aromatic rings. The Morgan fingerprint density at radius 2 is 2.25 bits per heavy atom. The van der Waals surface area contributed by atoms with Crippen LogP contribution < -0.4 is 5.32 Å². The third kappa shape index (κ3) is 2.12. The molecule has 12 heavy (non-hydrogen) atoms. The van der Waals surface area contributed by atoms with E-state index in [2.05, 4.69) is 21.2 Å². The van der Waals surface area contributed by atoms with E-state index in [0.29, 0.717) is 11.6 Å². The van der Waals surface area contributed by atoms with Gasteiger partial charge in [-0.2, -0.15) is 0 Å². The van der Waals surface area contributed by atoms with Gasteiger partial charge in [0.2, 0.25) is 0 Å². The number of halogens is 2. The molecule has 0 heterocycles. The molecule has 0 saturated heterocycles. The quantitative estimate of drug-likeness (QED) is 0.845. The summed E-state index contributed by atoms with van der Waals surface area (Å²) in [5, 5.41) is 12.8. The molecule has 2 N–H and O–H groups in total. The maximum atomic E-state index is 9.46. The SMILES string of the molecule is CNCc1cc(Br)cc(Cl)c1O. The smallest absolute Gasteiger partial charge is 0.138 e. The van der Waals surface area contributed by atoms with Gasteiger partial charge in [0.15, 0.2) is 0 Å². The van der Waals surface area contributed by atoms with Gasteiger partial charge < -0.3 is 10.4 Å². The lowest BCUT2D eigenvalue weighted by Crippen LogP contribution is -2.05. The van der Waals surface area contributed by atoms with Crippen LogP contribution in [0.4, 0.5) is 0 Å². The minimum Gasteiger partial charge on any atom is -0.506 e.